The van der Waals surface area contributed by atoms with Gasteiger partial charge in [0.2, 0.25) is 0 Å². The molecule has 0 saturated heterocycles. The summed E-state index contributed by atoms with van der Waals surface area (Å²) in [6.45, 7) is 0.877. The van der Waals surface area contributed by atoms with Crippen LogP contribution in [0.15, 0.2) is 5.38 Å². The summed E-state index contributed by atoms with van der Waals surface area (Å²) in [5.41, 5.74) is 1.18. The summed E-state index contributed by atoms with van der Waals surface area (Å²) in [4.78, 5) is 18.0. The van der Waals surface area contributed by atoms with E-state index in [9.17, 15) is 9.90 Å². The smallest absolute Gasteiger partial charge is 0.317 e. The number of likely N-dealkylation sites (N-methyl/N-ethyl adjacent to an activating group) is 1. The van der Waals surface area contributed by atoms with Gasteiger partial charge >= 0.3 is 6.03 Å². The van der Waals surface area contributed by atoms with E-state index in [0.717, 1.165) is 17.8 Å². The summed E-state index contributed by atoms with van der Waals surface area (Å²) in [6, 6.07) is -0.145. The number of nitrogens with zero attached hydrogens (tertiary/aromatic N) is 2. The highest BCUT2D eigenvalue weighted by molar-refractivity contribution is 7.09. The van der Waals surface area contributed by atoms with E-state index in [-0.39, 0.29) is 12.1 Å². The molecule has 110 valence electrons. The maximum atomic E-state index is 11.9. The quantitative estimate of drug-likeness (QED) is 0.843. The molecule has 5 nitrogen and oxygen atoms in total. The topological polar surface area (TPSA) is 65.5 Å². The Labute approximate surface area is 123 Å². The van der Waals surface area contributed by atoms with Crippen molar-refractivity contribution < 1.29 is 9.90 Å². The molecular formula is C14H21N3O2S. The van der Waals surface area contributed by atoms with Gasteiger partial charge < -0.3 is 15.3 Å². The van der Waals surface area contributed by atoms with Gasteiger partial charge in [-0.15, -0.1) is 11.3 Å². The minimum Gasteiger partial charge on any atom is -0.391 e. The summed E-state index contributed by atoms with van der Waals surface area (Å²) in [5, 5.41) is 15.7. The number of hydrogen-bond donors (Lipinski definition) is 2. The zero-order valence-electron chi connectivity index (χ0n) is 11.7. The number of aromatic nitrogens is 1. The highest BCUT2D eigenvalue weighted by atomic mass is 32.1. The third kappa shape index (κ3) is 3.49. The second kappa shape index (κ2) is 5.69. The number of rotatable bonds is 6. The van der Waals surface area contributed by atoms with Gasteiger partial charge in [0.05, 0.1) is 18.3 Å². The summed E-state index contributed by atoms with van der Waals surface area (Å²) in [7, 11) is 1.72. The summed E-state index contributed by atoms with van der Waals surface area (Å²) >= 11 is 1.61. The standard InChI is InChI=1S/C14H21N3O2S/c1-17(7-12(18)10-4-5-10)14(19)15-6-13-16-11(8-20-13)9-2-3-9/h8-10,12,18H,2-7H2,1H3,(H,15,19). The van der Waals surface area contributed by atoms with E-state index in [4.69, 9.17) is 0 Å². The number of hydrogen-bond acceptors (Lipinski definition) is 4. The maximum Gasteiger partial charge on any atom is 0.317 e. The van der Waals surface area contributed by atoms with Crippen molar-refractivity contribution in [3.63, 3.8) is 0 Å². The maximum absolute atomic E-state index is 11.9. The van der Waals surface area contributed by atoms with Crippen molar-refractivity contribution >= 4 is 17.4 Å². The number of carbonyl (C=O) groups excluding carboxylic acids is 1. The zero-order valence-corrected chi connectivity index (χ0v) is 12.5. The Kier molecular flexibility index (Phi) is 3.94. The first kappa shape index (κ1) is 13.8. The molecule has 0 bridgehead atoms. The molecule has 20 heavy (non-hydrogen) atoms. The molecule has 6 heteroatoms. The number of thiazole rings is 1. The van der Waals surface area contributed by atoms with E-state index in [1.54, 1.807) is 23.3 Å². The van der Waals surface area contributed by atoms with Gasteiger partial charge in [0.25, 0.3) is 0 Å². The fraction of sp³-hybridized carbons (Fsp3) is 0.714. The molecule has 2 fully saturated rings. The minimum absolute atomic E-state index is 0.145. The average molecular weight is 295 g/mol. The van der Waals surface area contributed by atoms with Gasteiger partial charge in [0.15, 0.2) is 0 Å². The van der Waals surface area contributed by atoms with Crippen molar-refractivity contribution in [3.05, 3.63) is 16.1 Å². The third-order valence-electron chi connectivity index (χ3n) is 3.93. The van der Waals surface area contributed by atoms with Crippen LogP contribution in [-0.2, 0) is 6.54 Å². The van der Waals surface area contributed by atoms with Gasteiger partial charge in [0.1, 0.15) is 5.01 Å². The Morgan fingerprint density at radius 3 is 2.95 bits per heavy atom. The Balaban J connectivity index is 1.42. The molecule has 0 aliphatic heterocycles. The third-order valence-corrected chi connectivity index (χ3v) is 4.80. The largest absolute Gasteiger partial charge is 0.391 e. The predicted octanol–water partition coefficient (Wildman–Crippen LogP) is 1.93. The molecule has 2 N–H and O–H groups in total. The second-order valence-electron chi connectivity index (χ2n) is 5.88. The molecule has 2 aliphatic rings. The van der Waals surface area contributed by atoms with Crippen LogP contribution >= 0.6 is 11.3 Å². The first-order chi connectivity index (χ1) is 9.63. The summed E-state index contributed by atoms with van der Waals surface area (Å²) < 4.78 is 0. The highest BCUT2D eigenvalue weighted by Crippen LogP contribution is 2.40. The van der Waals surface area contributed by atoms with E-state index >= 15 is 0 Å². The SMILES string of the molecule is CN(CC(O)C1CC1)C(=O)NCc1nc(C2CC2)cs1. The summed E-state index contributed by atoms with van der Waals surface area (Å²) in [6.07, 6.45) is 4.28. The van der Waals surface area contributed by atoms with E-state index in [2.05, 4.69) is 15.7 Å². The van der Waals surface area contributed by atoms with Crippen LogP contribution in [0.2, 0.25) is 0 Å². The van der Waals surface area contributed by atoms with E-state index in [1.165, 1.54) is 18.5 Å². The molecule has 1 atom stereocenters. The Bertz CT molecular complexity index is 483. The van der Waals surface area contributed by atoms with Crippen LogP contribution in [0.4, 0.5) is 4.79 Å². The van der Waals surface area contributed by atoms with Gasteiger partial charge in [-0.05, 0) is 31.6 Å². The molecule has 2 saturated carbocycles. The van der Waals surface area contributed by atoms with E-state index < -0.39 is 0 Å². The van der Waals surface area contributed by atoms with Crippen molar-refractivity contribution in [1.82, 2.24) is 15.2 Å². The molecule has 0 aromatic carbocycles. The van der Waals surface area contributed by atoms with Gasteiger partial charge in [-0.25, -0.2) is 9.78 Å². The Morgan fingerprint density at radius 2 is 2.30 bits per heavy atom. The molecular weight excluding hydrogens is 274 g/mol. The van der Waals surface area contributed by atoms with Gasteiger partial charge in [-0.2, -0.15) is 0 Å². The van der Waals surface area contributed by atoms with Crippen LogP contribution in [0.3, 0.4) is 0 Å². The number of aliphatic hydroxyl groups is 1. The normalized spacial score (nSPS) is 19.7. The van der Waals surface area contributed by atoms with Crippen LogP contribution in [0.5, 0.6) is 0 Å². The molecule has 3 rings (SSSR count). The van der Waals surface area contributed by atoms with Crippen molar-refractivity contribution in [2.24, 2.45) is 5.92 Å². The van der Waals surface area contributed by atoms with Crippen LogP contribution < -0.4 is 5.32 Å². The van der Waals surface area contributed by atoms with Gasteiger partial charge in [-0.1, -0.05) is 0 Å². The predicted molar refractivity (Wildman–Crippen MR) is 77.7 cm³/mol. The van der Waals surface area contributed by atoms with Gasteiger partial charge in [0, 0.05) is 24.9 Å². The lowest BCUT2D eigenvalue weighted by Crippen LogP contribution is -2.41. The van der Waals surface area contributed by atoms with Crippen molar-refractivity contribution in [1.29, 1.82) is 0 Å². The van der Waals surface area contributed by atoms with Crippen molar-refractivity contribution in [2.75, 3.05) is 13.6 Å². The van der Waals surface area contributed by atoms with Crippen molar-refractivity contribution in [3.8, 4) is 0 Å². The second-order valence-corrected chi connectivity index (χ2v) is 6.83. The molecule has 1 aromatic rings. The van der Waals surface area contributed by atoms with Crippen LogP contribution in [0.25, 0.3) is 0 Å². The Hall–Kier alpha value is -1.14. The molecule has 1 heterocycles. The molecule has 2 amide bonds. The lowest BCUT2D eigenvalue weighted by atomic mass is 10.2. The molecule has 1 aromatic heterocycles. The molecule has 2 aliphatic carbocycles. The molecule has 0 spiro atoms. The Morgan fingerprint density at radius 1 is 1.55 bits per heavy atom. The first-order valence-corrected chi connectivity index (χ1v) is 8.13. The molecule has 0 radical (unpaired) electrons. The number of aliphatic hydroxyl groups excluding tert-OH is 1. The highest BCUT2D eigenvalue weighted by Gasteiger charge is 2.31. The number of amides is 2. The lowest BCUT2D eigenvalue weighted by molar-refractivity contribution is 0.113. The zero-order chi connectivity index (χ0) is 14.1. The van der Waals surface area contributed by atoms with E-state index in [1.807, 2.05) is 0 Å². The monoisotopic (exact) mass is 295 g/mol. The molecule has 1 unspecified atom stereocenters. The number of nitrogens with one attached hydrogen (secondary N) is 1. The first-order valence-electron chi connectivity index (χ1n) is 7.25. The number of carbonyl (C=O) groups is 1. The average Bonchev–Trinajstić information content (AvgIpc) is 3.33. The fourth-order valence-corrected chi connectivity index (χ4v) is 3.07. The van der Waals surface area contributed by atoms with Crippen LogP contribution in [0, 0.1) is 5.92 Å². The van der Waals surface area contributed by atoms with Crippen LogP contribution in [-0.4, -0.2) is 40.7 Å². The van der Waals surface area contributed by atoms with Crippen LogP contribution in [0.1, 0.15) is 42.3 Å². The minimum atomic E-state index is -0.382. The fourth-order valence-electron chi connectivity index (χ4n) is 2.25. The lowest BCUT2D eigenvalue weighted by Gasteiger charge is -2.20. The summed E-state index contributed by atoms with van der Waals surface area (Å²) in [5.74, 6) is 1.05. The van der Waals surface area contributed by atoms with Gasteiger partial charge in [-0.3, -0.25) is 0 Å². The van der Waals surface area contributed by atoms with E-state index in [0.29, 0.717) is 24.9 Å². The number of urea groups is 1. The van der Waals surface area contributed by atoms with Crippen molar-refractivity contribution in [2.45, 2.75) is 44.2 Å².